The van der Waals surface area contributed by atoms with Gasteiger partial charge in [0.25, 0.3) is 0 Å². The molecule has 0 bridgehead atoms. The first-order valence-corrected chi connectivity index (χ1v) is 8.91. The Balaban J connectivity index is 1.45. The lowest BCUT2D eigenvalue weighted by atomic mass is 10.2. The largest absolute Gasteiger partial charge is 0.364 e. The van der Waals surface area contributed by atoms with Gasteiger partial charge in [-0.15, -0.1) is 0 Å². The summed E-state index contributed by atoms with van der Waals surface area (Å²) in [5.74, 6) is 0.884. The van der Waals surface area contributed by atoms with Crippen molar-refractivity contribution < 1.29 is 0 Å². The molecule has 0 spiro atoms. The lowest BCUT2D eigenvalue weighted by molar-refractivity contribution is 0.463. The summed E-state index contributed by atoms with van der Waals surface area (Å²) in [7, 11) is 0. The number of benzene rings is 1. The summed E-state index contributed by atoms with van der Waals surface area (Å²) in [6, 6.07) is 12.9. The molecule has 118 valence electrons. The summed E-state index contributed by atoms with van der Waals surface area (Å²) in [6.07, 6.45) is 7.29. The van der Waals surface area contributed by atoms with E-state index < -0.39 is 0 Å². The van der Waals surface area contributed by atoms with Crippen LogP contribution < -0.4 is 5.32 Å². The summed E-state index contributed by atoms with van der Waals surface area (Å²) in [5.41, 5.74) is 2.06. The molecule has 1 N–H and O–H groups in total. The SMILES string of the molecule is Brc1ccc2nc(NCc3ccn(C4CCCC4)n3)ccc2c1. The average Bonchev–Trinajstić information content (AvgIpc) is 3.24. The Bertz CT molecular complexity index is 821. The van der Waals surface area contributed by atoms with E-state index in [4.69, 9.17) is 5.10 Å². The second-order valence-electron chi connectivity index (χ2n) is 6.11. The molecule has 1 aliphatic rings. The molecule has 0 aliphatic heterocycles. The summed E-state index contributed by atoms with van der Waals surface area (Å²) in [4.78, 5) is 4.65. The molecule has 1 fully saturated rings. The van der Waals surface area contributed by atoms with Crippen LogP contribution in [-0.2, 0) is 6.54 Å². The van der Waals surface area contributed by atoms with Crippen LogP contribution in [0, 0.1) is 0 Å². The number of anilines is 1. The molecule has 0 unspecified atom stereocenters. The van der Waals surface area contributed by atoms with E-state index in [2.05, 4.69) is 55.3 Å². The quantitative estimate of drug-likeness (QED) is 0.708. The zero-order valence-electron chi connectivity index (χ0n) is 12.9. The van der Waals surface area contributed by atoms with Gasteiger partial charge in [-0.3, -0.25) is 4.68 Å². The monoisotopic (exact) mass is 370 g/mol. The minimum absolute atomic E-state index is 0.598. The fourth-order valence-electron chi connectivity index (χ4n) is 3.22. The highest BCUT2D eigenvalue weighted by molar-refractivity contribution is 9.10. The highest BCUT2D eigenvalue weighted by atomic mass is 79.9. The van der Waals surface area contributed by atoms with Gasteiger partial charge in [0.15, 0.2) is 0 Å². The Hall–Kier alpha value is -1.88. The Morgan fingerprint density at radius 3 is 2.87 bits per heavy atom. The van der Waals surface area contributed by atoms with E-state index in [0.717, 1.165) is 26.9 Å². The molecule has 23 heavy (non-hydrogen) atoms. The zero-order chi connectivity index (χ0) is 15.6. The second-order valence-corrected chi connectivity index (χ2v) is 7.03. The van der Waals surface area contributed by atoms with E-state index in [1.807, 2.05) is 18.2 Å². The van der Waals surface area contributed by atoms with Crippen molar-refractivity contribution in [2.75, 3.05) is 5.32 Å². The Morgan fingerprint density at radius 1 is 1.13 bits per heavy atom. The molecule has 4 nitrogen and oxygen atoms in total. The first kappa shape index (κ1) is 14.7. The number of halogens is 1. The van der Waals surface area contributed by atoms with Crippen molar-refractivity contribution in [1.82, 2.24) is 14.8 Å². The Morgan fingerprint density at radius 2 is 2.00 bits per heavy atom. The predicted octanol–water partition coefficient (Wildman–Crippen LogP) is 4.92. The van der Waals surface area contributed by atoms with E-state index in [-0.39, 0.29) is 0 Å². The first-order chi connectivity index (χ1) is 11.3. The minimum Gasteiger partial charge on any atom is -0.364 e. The van der Waals surface area contributed by atoms with Gasteiger partial charge in [-0.25, -0.2) is 4.98 Å². The van der Waals surface area contributed by atoms with Gasteiger partial charge in [0.05, 0.1) is 23.8 Å². The van der Waals surface area contributed by atoms with E-state index in [1.165, 1.54) is 25.7 Å². The fourth-order valence-corrected chi connectivity index (χ4v) is 3.60. The van der Waals surface area contributed by atoms with E-state index in [0.29, 0.717) is 12.6 Å². The van der Waals surface area contributed by atoms with Gasteiger partial charge in [-0.2, -0.15) is 5.10 Å². The third-order valence-electron chi connectivity index (χ3n) is 4.46. The highest BCUT2D eigenvalue weighted by Crippen LogP contribution is 2.28. The summed E-state index contributed by atoms with van der Waals surface area (Å²) in [6.45, 7) is 0.703. The van der Waals surface area contributed by atoms with Gasteiger partial charge >= 0.3 is 0 Å². The van der Waals surface area contributed by atoms with Crippen molar-refractivity contribution in [3.8, 4) is 0 Å². The predicted molar refractivity (Wildman–Crippen MR) is 96.5 cm³/mol. The normalized spacial score (nSPS) is 15.3. The van der Waals surface area contributed by atoms with Gasteiger partial charge in [-0.1, -0.05) is 28.8 Å². The van der Waals surface area contributed by atoms with Gasteiger partial charge < -0.3 is 5.32 Å². The van der Waals surface area contributed by atoms with Crippen LogP contribution in [0.5, 0.6) is 0 Å². The van der Waals surface area contributed by atoms with Gasteiger partial charge in [0.1, 0.15) is 5.82 Å². The number of pyridine rings is 1. The highest BCUT2D eigenvalue weighted by Gasteiger charge is 2.17. The van der Waals surface area contributed by atoms with Crippen molar-refractivity contribution in [2.45, 2.75) is 38.3 Å². The van der Waals surface area contributed by atoms with Crippen LogP contribution in [0.3, 0.4) is 0 Å². The molecular formula is C18H19BrN4. The fraction of sp³-hybridized carbons (Fsp3) is 0.333. The van der Waals surface area contributed by atoms with Crippen molar-refractivity contribution in [1.29, 1.82) is 0 Å². The number of rotatable bonds is 4. The summed E-state index contributed by atoms with van der Waals surface area (Å²) < 4.78 is 3.21. The van der Waals surface area contributed by atoms with Crippen molar-refractivity contribution in [2.24, 2.45) is 0 Å². The molecule has 5 heteroatoms. The maximum Gasteiger partial charge on any atom is 0.126 e. The van der Waals surface area contributed by atoms with Gasteiger partial charge in [0, 0.05) is 16.1 Å². The molecule has 1 aromatic carbocycles. The molecule has 1 saturated carbocycles. The number of nitrogens with one attached hydrogen (secondary N) is 1. The summed E-state index contributed by atoms with van der Waals surface area (Å²) >= 11 is 3.49. The number of hydrogen-bond acceptors (Lipinski definition) is 3. The van der Waals surface area contributed by atoms with Crippen molar-refractivity contribution in [3.63, 3.8) is 0 Å². The molecule has 0 radical (unpaired) electrons. The Labute approximate surface area is 144 Å². The standard InChI is InChI=1S/C18H19BrN4/c19-14-6-7-17-13(11-14)5-8-18(21-17)20-12-15-9-10-23(22-15)16-3-1-2-4-16/h5-11,16H,1-4,12H2,(H,20,21). The van der Waals surface area contributed by atoms with Crippen LogP contribution in [0.4, 0.5) is 5.82 Å². The zero-order valence-corrected chi connectivity index (χ0v) is 14.5. The third-order valence-corrected chi connectivity index (χ3v) is 4.96. The van der Waals surface area contributed by atoms with Crippen LogP contribution in [0.15, 0.2) is 47.1 Å². The van der Waals surface area contributed by atoms with Crippen LogP contribution in [-0.4, -0.2) is 14.8 Å². The topological polar surface area (TPSA) is 42.7 Å². The lowest BCUT2D eigenvalue weighted by Crippen LogP contribution is -2.07. The second kappa shape index (κ2) is 6.32. The maximum absolute atomic E-state index is 4.70. The minimum atomic E-state index is 0.598. The molecule has 1 aliphatic carbocycles. The smallest absolute Gasteiger partial charge is 0.126 e. The van der Waals surface area contributed by atoms with Crippen LogP contribution in [0.25, 0.3) is 10.9 Å². The van der Waals surface area contributed by atoms with Crippen LogP contribution in [0.1, 0.15) is 37.4 Å². The molecule has 0 saturated heterocycles. The number of nitrogens with zero attached hydrogens (tertiary/aromatic N) is 3. The Kier molecular flexibility index (Phi) is 4.04. The number of hydrogen-bond donors (Lipinski definition) is 1. The van der Waals surface area contributed by atoms with Crippen LogP contribution >= 0.6 is 15.9 Å². The molecule has 2 aromatic heterocycles. The van der Waals surface area contributed by atoms with E-state index in [9.17, 15) is 0 Å². The molecule has 2 heterocycles. The number of aromatic nitrogens is 3. The molecular weight excluding hydrogens is 352 g/mol. The number of fused-ring (bicyclic) bond motifs is 1. The van der Waals surface area contributed by atoms with Crippen LogP contribution in [0.2, 0.25) is 0 Å². The van der Waals surface area contributed by atoms with E-state index >= 15 is 0 Å². The summed E-state index contributed by atoms with van der Waals surface area (Å²) in [5, 5.41) is 9.21. The molecule has 0 atom stereocenters. The molecule has 3 aromatic rings. The molecule has 0 amide bonds. The van der Waals surface area contributed by atoms with Gasteiger partial charge in [-0.05, 0) is 49.2 Å². The first-order valence-electron chi connectivity index (χ1n) is 8.12. The van der Waals surface area contributed by atoms with Gasteiger partial charge in [0.2, 0.25) is 0 Å². The lowest BCUT2D eigenvalue weighted by Gasteiger charge is -2.09. The third kappa shape index (κ3) is 3.24. The van der Waals surface area contributed by atoms with Crippen molar-refractivity contribution >= 4 is 32.7 Å². The van der Waals surface area contributed by atoms with E-state index in [1.54, 1.807) is 0 Å². The van der Waals surface area contributed by atoms with Crippen molar-refractivity contribution in [3.05, 3.63) is 52.8 Å². The molecule has 4 rings (SSSR count). The average molecular weight is 371 g/mol. The maximum atomic E-state index is 4.70.